The summed E-state index contributed by atoms with van der Waals surface area (Å²) in [6.45, 7) is 0. The number of nitrogens with two attached hydrogens (primary N) is 1. The van der Waals surface area contributed by atoms with Crippen LogP contribution in [0.15, 0.2) is 60.8 Å². The van der Waals surface area contributed by atoms with Crippen LogP contribution in [0.5, 0.6) is 0 Å². The molecule has 1 heterocycles. The summed E-state index contributed by atoms with van der Waals surface area (Å²) in [5.74, 6) is -0.161. The van der Waals surface area contributed by atoms with E-state index < -0.39 is 0 Å². The van der Waals surface area contributed by atoms with Crippen molar-refractivity contribution >= 4 is 11.5 Å². The van der Waals surface area contributed by atoms with Crippen LogP contribution >= 0.6 is 0 Å². The fourth-order valence-electron chi connectivity index (χ4n) is 1.98. The van der Waals surface area contributed by atoms with Crippen LogP contribution in [0.2, 0.25) is 0 Å². The second-order valence-corrected chi connectivity index (χ2v) is 4.32. The molecule has 0 aliphatic heterocycles. The molecule has 3 aromatic rings. The van der Waals surface area contributed by atoms with Crippen LogP contribution in [0, 0.1) is 0 Å². The number of carbonyl (C=O) groups is 1. The summed E-state index contributed by atoms with van der Waals surface area (Å²) >= 11 is 0. The summed E-state index contributed by atoms with van der Waals surface area (Å²) in [5, 5.41) is 7.80. The number of para-hydroxylation sites is 1. The van der Waals surface area contributed by atoms with Crippen molar-refractivity contribution in [3.63, 3.8) is 0 Å². The third-order valence-electron chi connectivity index (χ3n) is 2.93. The van der Waals surface area contributed by atoms with Gasteiger partial charge in [0.2, 0.25) is 5.78 Å². The van der Waals surface area contributed by atoms with Crippen LogP contribution in [-0.4, -0.2) is 20.8 Å². The van der Waals surface area contributed by atoms with E-state index in [0.29, 0.717) is 16.9 Å². The molecule has 0 amide bonds. The lowest BCUT2D eigenvalue weighted by molar-refractivity contribution is 0.103. The minimum absolute atomic E-state index is 0.161. The van der Waals surface area contributed by atoms with E-state index in [-0.39, 0.29) is 5.78 Å². The second kappa shape index (κ2) is 4.97. The first-order valence-electron chi connectivity index (χ1n) is 6.12. The molecule has 1 aromatic heterocycles. The smallest absolute Gasteiger partial charge is 0.213 e. The summed E-state index contributed by atoms with van der Waals surface area (Å²) < 4.78 is 1.52. The Morgan fingerprint density at radius 1 is 1.05 bits per heavy atom. The van der Waals surface area contributed by atoms with Gasteiger partial charge in [-0.1, -0.05) is 35.5 Å². The predicted molar refractivity (Wildman–Crippen MR) is 75.6 cm³/mol. The van der Waals surface area contributed by atoms with Crippen LogP contribution in [0.1, 0.15) is 16.1 Å². The van der Waals surface area contributed by atoms with Crippen LogP contribution < -0.4 is 5.73 Å². The maximum absolute atomic E-state index is 12.5. The van der Waals surface area contributed by atoms with Crippen molar-refractivity contribution in [2.45, 2.75) is 0 Å². The van der Waals surface area contributed by atoms with Crippen molar-refractivity contribution in [3.8, 4) is 5.69 Å². The van der Waals surface area contributed by atoms with Gasteiger partial charge in [-0.2, -0.15) is 0 Å². The van der Waals surface area contributed by atoms with Gasteiger partial charge in [0.05, 0.1) is 11.9 Å². The summed E-state index contributed by atoms with van der Waals surface area (Å²) in [4.78, 5) is 12.5. The zero-order valence-corrected chi connectivity index (χ0v) is 10.6. The van der Waals surface area contributed by atoms with Gasteiger partial charge in [0.15, 0.2) is 0 Å². The number of ketones is 1. The minimum Gasteiger partial charge on any atom is -0.399 e. The Balaban J connectivity index is 2.04. The molecule has 0 radical (unpaired) electrons. The predicted octanol–water partition coefficient (Wildman–Crippen LogP) is 2.08. The number of benzene rings is 2. The molecule has 5 nitrogen and oxygen atoms in total. The first-order valence-corrected chi connectivity index (χ1v) is 6.12. The standard InChI is InChI=1S/C15H12N4O/c16-12-6-4-5-11(9-12)15(20)14-10-17-18-19(14)13-7-2-1-3-8-13/h1-10H,16H2. The SMILES string of the molecule is Nc1cccc(C(=O)c2cnnn2-c2ccccc2)c1. The second-order valence-electron chi connectivity index (χ2n) is 4.32. The Morgan fingerprint density at radius 2 is 1.85 bits per heavy atom. The average molecular weight is 264 g/mol. The van der Waals surface area contributed by atoms with Crippen LogP contribution in [0.25, 0.3) is 5.69 Å². The maximum Gasteiger partial charge on any atom is 0.213 e. The van der Waals surface area contributed by atoms with Crippen LogP contribution in [0.3, 0.4) is 0 Å². The van der Waals surface area contributed by atoms with Crippen molar-refractivity contribution in [1.82, 2.24) is 15.0 Å². The maximum atomic E-state index is 12.5. The van der Waals surface area contributed by atoms with E-state index in [1.54, 1.807) is 24.3 Å². The highest BCUT2D eigenvalue weighted by Gasteiger charge is 2.16. The number of hydrogen-bond acceptors (Lipinski definition) is 4. The molecule has 2 N–H and O–H groups in total. The van der Waals surface area contributed by atoms with Gasteiger partial charge >= 0.3 is 0 Å². The number of nitrogen functional groups attached to an aromatic ring is 1. The average Bonchev–Trinajstić information content (AvgIpc) is 2.97. The Labute approximate surface area is 115 Å². The van der Waals surface area contributed by atoms with E-state index in [0.717, 1.165) is 5.69 Å². The Morgan fingerprint density at radius 3 is 2.60 bits per heavy atom. The molecule has 2 aromatic carbocycles. The first kappa shape index (κ1) is 12.1. The van der Waals surface area contributed by atoms with Crippen molar-refractivity contribution in [2.24, 2.45) is 0 Å². The molecule has 0 aliphatic carbocycles. The molecule has 0 atom stereocenters. The van der Waals surface area contributed by atoms with Crippen molar-refractivity contribution in [2.75, 3.05) is 5.73 Å². The molecule has 3 rings (SSSR count). The quantitative estimate of drug-likeness (QED) is 0.580. The highest BCUT2D eigenvalue weighted by molar-refractivity contribution is 6.08. The van der Waals surface area contributed by atoms with Gasteiger partial charge < -0.3 is 5.73 Å². The Hall–Kier alpha value is -2.95. The largest absolute Gasteiger partial charge is 0.399 e. The molecule has 98 valence electrons. The van der Waals surface area contributed by atoms with Crippen molar-refractivity contribution in [3.05, 3.63) is 72.1 Å². The summed E-state index contributed by atoms with van der Waals surface area (Å²) in [6, 6.07) is 16.3. The molecular weight excluding hydrogens is 252 g/mol. The third-order valence-corrected chi connectivity index (χ3v) is 2.93. The van der Waals surface area contributed by atoms with E-state index >= 15 is 0 Å². The Kier molecular flexibility index (Phi) is 3.01. The van der Waals surface area contributed by atoms with Gasteiger partial charge in [-0.3, -0.25) is 4.79 Å². The van der Waals surface area contributed by atoms with Gasteiger partial charge in [-0.25, -0.2) is 4.68 Å². The summed E-state index contributed by atoms with van der Waals surface area (Å²) in [7, 11) is 0. The lowest BCUT2D eigenvalue weighted by Crippen LogP contribution is -2.10. The monoisotopic (exact) mass is 264 g/mol. The summed E-state index contributed by atoms with van der Waals surface area (Å²) in [6.07, 6.45) is 1.46. The zero-order valence-electron chi connectivity index (χ0n) is 10.6. The molecule has 0 aliphatic rings. The normalized spacial score (nSPS) is 10.4. The van der Waals surface area contributed by atoms with E-state index in [1.807, 2.05) is 30.3 Å². The molecule has 5 heteroatoms. The molecule has 20 heavy (non-hydrogen) atoms. The number of anilines is 1. The number of aromatic nitrogens is 3. The first-order chi connectivity index (χ1) is 9.75. The minimum atomic E-state index is -0.161. The van der Waals surface area contributed by atoms with E-state index in [2.05, 4.69) is 10.3 Å². The number of carbonyl (C=O) groups excluding carboxylic acids is 1. The lowest BCUT2D eigenvalue weighted by atomic mass is 10.1. The number of rotatable bonds is 3. The Bertz CT molecular complexity index is 749. The molecule has 0 spiro atoms. The molecule has 0 unspecified atom stereocenters. The van der Waals surface area contributed by atoms with Gasteiger partial charge in [0, 0.05) is 11.3 Å². The van der Waals surface area contributed by atoms with Crippen molar-refractivity contribution < 1.29 is 4.79 Å². The van der Waals surface area contributed by atoms with Gasteiger partial charge in [0.1, 0.15) is 5.69 Å². The van der Waals surface area contributed by atoms with Crippen LogP contribution in [-0.2, 0) is 0 Å². The van der Waals surface area contributed by atoms with Crippen LogP contribution in [0.4, 0.5) is 5.69 Å². The van der Waals surface area contributed by atoms with E-state index in [9.17, 15) is 4.79 Å². The lowest BCUT2D eigenvalue weighted by Gasteiger charge is -2.05. The van der Waals surface area contributed by atoms with E-state index in [1.165, 1.54) is 10.9 Å². The fourth-order valence-corrected chi connectivity index (χ4v) is 1.98. The van der Waals surface area contributed by atoms with Gasteiger partial charge in [-0.15, -0.1) is 5.10 Å². The summed E-state index contributed by atoms with van der Waals surface area (Å²) in [5.41, 5.74) is 7.97. The molecule has 0 fully saturated rings. The molecule has 0 saturated carbocycles. The number of nitrogens with zero attached hydrogens (tertiary/aromatic N) is 3. The fraction of sp³-hybridized carbons (Fsp3) is 0. The molecular formula is C15H12N4O. The third kappa shape index (κ3) is 2.16. The zero-order chi connectivity index (χ0) is 13.9. The van der Waals surface area contributed by atoms with Gasteiger partial charge in [-0.05, 0) is 24.3 Å². The molecule has 0 bridgehead atoms. The van der Waals surface area contributed by atoms with E-state index in [4.69, 9.17) is 5.73 Å². The van der Waals surface area contributed by atoms with Gasteiger partial charge in [0.25, 0.3) is 0 Å². The van der Waals surface area contributed by atoms with Crippen molar-refractivity contribution in [1.29, 1.82) is 0 Å². The highest BCUT2D eigenvalue weighted by atomic mass is 16.1. The molecule has 0 saturated heterocycles. The topological polar surface area (TPSA) is 73.8 Å². The highest BCUT2D eigenvalue weighted by Crippen LogP contribution is 2.15. The number of hydrogen-bond donors (Lipinski definition) is 1.